The Labute approximate surface area is 111 Å². The van der Waals surface area contributed by atoms with Crippen LogP contribution in [0, 0.1) is 5.41 Å². The zero-order valence-electron chi connectivity index (χ0n) is 12.3. The standard InChI is InChI=1S/C13H28N4O/c1-10-8-17(9-11(2)16(10)5)7-6-13(3,4)12(14)15-18/h10-11,18H,6-9H2,1-5H3,(H2,14,15). The van der Waals surface area contributed by atoms with Gasteiger partial charge in [0.15, 0.2) is 0 Å². The van der Waals surface area contributed by atoms with Crippen LogP contribution in [0.15, 0.2) is 5.16 Å². The fraction of sp³-hybridized carbons (Fsp3) is 0.923. The molecule has 0 aromatic heterocycles. The van der Waals surface area contributed by atoms with Crippen molar-refractivity contribution in [2.24, 2.45) is 16.3 Å². The monoisotopic (exact) mass is 256 g/mol. The van der Waals surface area contributed by atoms with E-state index < -0.39 is 0 Å². The fourth-order valence-corrected chi connectivity index (χ4v) is 2.40. The summed E-state index contributed by atoms with van der Waals surface area (Å²) in [6.45, 7) is 11.7. The minimum Gasteiger partial charge on any atom is -0.409 e. The number of oxime groups is 1. The summed E-state index contributed by atoms with van der Waals surface area (Å²) >= 11 is 0. The van der Waals surface area contributed by atoms with Crippen molar-refractivity contribution in [3.8, 4) is 0 Å². The summed E-state index contributed by atoms with van der Waals surface area (Å²) in [6, 6.07) is 1.17. The molecule has 0 amide bonds. The van der Waals surface area contributed by atoms with Crippen molar-refractivity contribution in [2.45, 2.75) is 46.2 Å². The first-order valence-corrected chi connectivity index (χ1v) is 6.70. The van der Waals surface area contributed by atoms with Gasteiger partial charge in [0.1, 0.15) is 5.84 Å². The molecule has 0 aromatic carbocycles. The Morgan fingerprint density at radius 3 is 2.28 bits per heavy atom. The van der Waals surface area contributed by atoms with Gasteiger partial charge in [-0.2, -0.15) is 0 Å². The van der Waals surface area contributed by atoms with Gasteiger partial charge in [0.2, 0.25) is 0 Å². The van der Waals surface area contributed by atoms with Crippen LogP contribution in [0.4, 0.5) is 0 Å². The van der Waals surface area contributed by atoms with E-state index in [1.54, 1.807) is 0 Å². The van der Waals surface area contributed by atoms with Crippen LogP contribution in [-0.4, -0.2) is 59.6 Å². The molecular weight excluding hydrogens is 228 g/mol. The highest BCUT2D eigenvalue weighted by atomic mass is 16.4. The molecule has 0 aliphatic carbocycles. The summed E-state index contributed by atoms with van der Waals surface area (Å²) in [5.41, 5.74) is 5.47. The average molecular weight is 256 g/mol. The third-order valence-corrected chi connectivity index (χ3v) is 4.29. The molecule has 1 rings (SSSR count). The van der Waals surface area contributed by atoms with E-state index in [9.17, 15) is 0 Å². The Bertz CT molecular complexity index is 291. The second kappa shape index (κ2) is 5.89. The highest BCUT2D eigenvalue weighted by molar-refractivity contribution is 5.85. The molecule has 0 bridgehead atoms. The van der Waals surface area contributed by atoms with Crippen molar-refractivity contribution in [1.29, 1.82) is 0 Å². The van der Waals surface area contributed by atoms with Crippen LogP contribution in [0.2, 0.25) is 0 Å². The highest BCUT2D eigenvalue weighted by Gasteiger charge is 2.29. The third-order valence-electron chi connectivity index (χ3n) is 4.29. The van der Waals surface area contributed by atoms with Crippen LogP contribution >= 0.6 is 0 Å². The minimum absolute atomic E-state index is 0.245. The van der Waals surface area contributed by atoms with E-state index in [1.165, 1.54) is 0 Å². The van der Waals surface area contributed by atoms with Gasteiger partial charge >= 0.3 is 0 Å². The van der Waals surface area contributed by atoms with Crippen LogP contribution in [-0.2, 0) is 0 Å². The summed E-state index contributed by atoms with van der Waals surface area (Å²) in [7, 11) is 2.19. The third kappa shape index (κ3) is 3.59. The highest BCUT2D eigenvalue weighted by Crippen LogP contribution is 2.22. The molecule has 2 atom stereocenters. The van der Waals surface area contributed by atoms with E-state index in [2.05, 4.69) is 35.9 Å². The van der Waals surface area contributed by atoms with Crippen LogP contribution in [0.1, 0.15) is 34.1 Å². The predicted octanol–water partition coefficient (Wildman–Crippen LogP) is 1.17. The molecule has 0 radical (unpaired) electrons. The van der Waals surface area contributed by atoms with Crippen molar-refractivity contribution in [2.75, 3.05) is 26.7 Å². The van der Waals surface area contributed by atoms with E-state index >= 15 is 0 Å². The molecular formula is C13H28N4O. The number of rotatable bonds is 4. The Balaban J connectivity index is 2.50. The lowest BCUT2D eigenvalue weighted by Crippen LogP contribution is -2.55. The summed E-state index contributed by atoms with van der Waals surface area (Å²) in [5.74, 6) is 0.317. The zero-order chi connectivity index (χ0) is 13.9. The van der Waals surface area contributed by atoms with E-state index in [1.807, 2.05) is 13.8 Å². The first-order chi connectivity index (χ1) is 8.27. The van der Waals surface area contributed by atoms with Crippen LogP contribution in [0.25, 0.3) is 0 Å². The Hall–Kier alpha value is -0.810. The van der Waals surface area contributed by atoms with Gasteiger partial charge in [0, 0.05) is 30.6 Å². The van der Waals surface area contributed by atoms with Gasteiger partial charge in [-0.15, -0.1) is 0 Å². The van der Waals surface area contributed by atoms with Gasteiger partial charge in [0.25, 0.3) is 0 Å². The number of nitrogens with two attached hydrogens (primary N) is 1. The molecule has 1 aliphatic heterocycles. The number of hydrogen-bond acceptors (Lipinski definition) is 4. The van der Waals surface area contributed by atoms with Gasteiger partial charge in [0.05, 0.1) is 0 Å². The van der Waals surface area contributed by atoms with Crippen LogP contribution < -0.4 is 5.73 Å². The Kier molecular flexibility index (Phi) is 4.99. The molecule has 0 aromatic rings. The average Bonchev–Trinajstić information content (AvgIpc) is 2.32. The normalized spacial score (nSPS) is 28.6. The summed E-state index contributed by atoms with van der Waals surface area (Å²) in [4.78, 5) is 4.90. The molecule has 3 N–H and O–H groups in total. The second-order valence-electron chi connectivity index (χ2n) is 6.24. The molecule has 1 saturated heterocycles. The number of hydrogen-bond donors (Lipinski definition) is 2. The van der Waals surface area contributed by atoms with E-state index in [0.717, 1.165) is 26.1 Å². The molecule has 1 heterocycles. The molecule has 1 aliphatic rings. The summed E-state index contributed by atoms with van der Waals surface area (Å²) in [6.07, 6.45) is 0.909. The fourth-order valence-electron chi connectivity index (χ4n) is 2.40. The quantitative estimate of drug-likeness (QED) is 0.343. The Morgan fingerprint density at radius 1 is 1.33 bits per heavy atom. The maximum atomic E-state index is 8.77. The molecule has 0 spiro atoms. The maximum Gasteiger partial charge on any atom is 0.144 e. The van der Waals surface area contributed by atoms with Crippen molar-refractivity contribution in [1.82, 2.24) is 9.80 Å². The predicted molar refractivity (Wildman–Crippen MR) is 74.9 cm³/mol. The summed E-state index contributed by atoms with van der Waals surface area (Å²) < 4.78 is 0. The number of likely N-dealkylation sites (N-methyl/N-ethyl adjacent to an activating group) is 1. The first-order valence-electron chi connectivity index (χ1n) is 6.70. The van der Waals surface area contributed by atoms with Gasteiger partial charge in [-0.05, 0) is 33.9 Å². The number of amidine groups is 1. The maximum absolute atomic E-state index is 8.77. The second-order valence-corrected chi connectivity index (χ2v) is 6.24. The van der Waals surface area contributed by atoms with Crippen molar-refractivity contribution < 1.29 is 5.21 Å². The smallest absolute Gasteiger partial charge is 0.144 e. The first kappa shape index (κ1) is 15.2. The largest absolute Gasteiger partial charge is 0.409 e. The van der Waals surface area contributed by atoms with E-state index in [-0.39, 0.29) is 5.41 Å². The summed E-state index contributed by atoms with van der Waals surface area (Å²) in [5, 5.41) is 11.9. The lowest BCUT2D eigenvalue weighted by molar-refractivity contribution is 0.0558. The van der Waals surface area contributed by atoms with E-state index in [0.29, 0.717) is 17.9 Å². The Morgan fingerprint density at radius 2 is 1.83 bits per heavy atom. The van der Waals surface area contributed by atoms with Gasteiger partial charge in [-0.3, -0.25) is 4.90 Å². The topological polar surface area (TPSA) is 65.1 Å². The lowest BCUT2D eigenvalue weighted by Gasteiger charge is -2.43. The molecule has 18 heavy (non-hydrogen) atoms. The number of nitrogens with zero attached hydrogens (tertiary/aromatic N) is 3. The van der Waals surface area contributed by atoms with Crippen molar-refractivity contribution in [3.05, 3.63) is 0 Å². The molecule has 2 unspecified atom stereocenters. The number of piperazine rings is 1. The molecule has 106 valence electrons. The van der Waals surface area contributed by atoms with Crippen LogP contribution in [0.3, 0.4) is 0 Å². The SMILES string of the molecule is CC1CN(CCC(C)(C)C(N)=NO)CC(C)N1C. The van der Waals surface area contributed by atoms with E-state index in [4.69, 9.17) is 10.9 Å². The van der Waals surface area contributed by atoms with Gasteiger partial charge < -0.3 is 15.8 Å². The minimum atomic E-state index is -0.245. The molecule has 1 fully saturated rings. The van der Waals surface area contributed by atoms with Crippen molar-refractivity contribution >= 4 is 5.84 Å². The van der Waals surface area contributed by atoms with Gasteiger partial charge in [-0.25, -0.2) is 0 Å². The van der Waals surface area contributed by atoms with Gasteiger partial charge in [-0.1, -0.05) is 19.0 Å². The zero-order valence-corrected chi connectivity index (χ0v) is 12.3. The molecule has 0 saturated carbocycles. The molecule has 5 heteroatoms. The molecule has 5 nitrogen and oxygen atoms in total. The van der Waals surface area contributed by atoms with Crippen molar-refractivity contribution in [3.63, 3.8) is 0 Å². The lowest BCUT2D eigenvalue weighted by atomic mass is 9.87. The van der Waals surface area contributed by atoms with Crippen LogP contribution in [0.5, 0.6) is 0 Å².